The molecule has 0 bridgehead atoms. The predicted octanol–water partition coefficient (Wildman–Crippen LogP) is 4.67. The van der Waals surface area contributed by atoms with E-state index in [9.17, 15) is 0 Å². The molecule has 88 valence electrons. The van der Waals surface area contributed by atoms with Crippen molar-refractivity contribution in [2.45, 2.75) is 45.6 Å². The van der Waals surface area contributed by atoms with Gasteiger partial charge in [0.05, 0.1) is 0 Å². The van der Waals surface area contributed by atoms with E-state index in [1.54, 1.807) is 0 Å². The maximum atomic E-state index is 3.68. The van der Waals surface area contributed by atoms with Gasteiger partial charge in [-0.3, -0.25) is 0 Å². The predicted molar refractivity (Wildman–Crippen MR) is 78.8 cm³/mol. The minimum Gasteiger partial charge on any atom is -0.381 e. The summed E-state index contributed by atoms with van der Waals surface area (Å²) in [4.78, 5) is 0. The van der Waals surface area contributed by atoms with Gasteiger partial charge < -0.3 is 5.32 Å². The number of rotatable bonds is 2. The van der Waals surface area contributed by atoms with Gasteiger partial charge in [0.25, 0.3) is 0 Å². The lowest BCUT2D eigenvalue weighted by Gasteiger charge is -2.35. The van der Waals surface area contributed by atoms with E-state index in [1.807, 2.05) is 0 Å². The van der Waals surface area contributed by atoms with Crippen LogP contribution in [0.4, 0.5) is 5.69 Å². The van der Waals surface area contributed by atoms with Gasteiger partial charge in [-0.15, -0.1) is 0 Å². The number of para-hydroxylation sites is 1. The van der Waals surface area contributed by atoms with Crippen LogP contribution in [0, 0.1) is 8.99 Å². The van der Waals surface area contributed by atoms with E-state index in [-0.39, 0.29) is 0 Å². The highest BCUT2D eigenvalue weighted by Gasteiger charge is 2.26. The Morgan fingerprint density at radius 2 is 1.81 bits per heavy atom. The first-order chi connectivity index (χ1) is 7.57. The molecule has 2 heteroatoms. The summed E-state index contributed by atoms with van der Waals surface area (Å²) >= 11 is 2.40. The normalized spacial score (nSPS) is 20.7. The maximum absolute atomic E-state index is 3.68. The van der Waals surface area contributed by atoms with E-state index >= 15 is 0 Å². The average Bonchev–Trinajstić information content (AvgIpc) is 2.24. The van der Waals surface area contributed by atoms with E-state index in [2.05, 4.69) is 66.0 Å². The second kappa shape index (κ2) is 4.94. The SMILES string of the molecule is CC1(C)CCC(Nc2ccccc2I)CC1. The van der Waals surface area contributed by atoms with Gasteiger partial charge in [-0.25, -0.2) is 0 Å². The summed E-state index contributed by atoms with van der Waals surface area (Å²) in [6.07, 6.45) is 5.29. The molecule has 1 N–H and O–H groups in total. The van der Waals surface area contributed by atoms with Gasteiger partial charge in [-0.1, -0.05) is 26.0 Å². The van der Waals surface area contributed by atoms with Crippen LogP contribution in [0.3, 0.4) is 0 Å². The lowest BCUT2D eigenvalue weighted by atomic mass is 9.75. The summed E-state index contributed by atoms with van der Waals surface area (Å²) in [5, 5.41) is 3.68. The van der Waals surface area contributed by atoms with E-state index in [0.29, 0.717) is 11.5 Å². The van der Waals surface area contributed by atoms with Gasteiger partial charge in [0.1, 0.15) is 0 Å². The molecule has 1 nitrogen and oxygen atoms in total. The quantitative estimate of drug-likeness (QED) is 0.778. The van der Waals surface area contributed by atoms with Crippen LogP contribution in [0.25, 0.3) is 0 Å². The van der Waals surface area contributed by atoms with Crippen molar-refractivity contribution in [1.82, 2.24) is 0 Å². The van der Waals surface area contributed by atoms with Crippen LogP contribution in [-0.4, -0.2) is 6.04 Å². The maximum Gasteiger partial charge on any atom is 0.0478 e. The minimum absolute atomic E-state index is 0.558. The number of halogens is 1. The molecule has 1 fully saturated rings. The van der Waals surface area contributed by atoms with Crippen LogP contribution in [0.1, 0.15) is 39.5 Å². The van der Waals surface area contributed by atoms with Crippen LogP contribution in [0.2, 0.25) is 0 Å². The summed E-state index contributed by atoms with van der Waals surface area (Å²) in [5.74, 6) is 0. The smallest absolute Gasteiger partial charge is 0.0478 e. The van der Waals surface area contributed by atoms with E-state index in [1.165, 1.54) is 34.9 Å². The fourth-order valence-electron chi connectivity index (χ4n) is 2.34. The van der Waals surface area contributed by atoms with Gasteiger partial charge in [0.2, 0.25) is 0 Å². The number of nitrogens with one attached hydrogen (secondary N) is 1. The van der Waals surface area contributed by atoms with Crippen LogP contribution in [0.15, 0.2) is 24.3 Å². The van der Waals surface area contributed by atoms with Crippen LogP contribution >= 0.6 is 22.6 Å². The first-order valence-electron chi connectivity index (χ1n) is 6.08. The van der Waals surface area contributed by atoms with E-state index in [0.717, 1.165) is 0 Å². The molecule has 1 aromatic rings. The molecule has 1 saturated carbocycles. The molecule has 16 heavy (non-hydrogen) atoms. The summed E-state index contributed by atoms with van der Waals surface area (Å²) < 4.78 is 1.32. The van der Waals surface area contributed by atoms with Gasteiger partial charge in [-0.05, 0) is 65.8 Å². The van der Waals surface area contributed by atoms with Crippen molar-refractivity contribution in [3.8, 4) is 0 Å². The summed E-state index contributed by atoms with van der Waals surface area (Å²) in [7, 11) is 0. The third-order valence-corrected chi connectivity index (χ3v) is 4.51. The number of hydrogen-bond donors (Lipinski definition) is 1. The molecule has 0 aliphatic heterocycles. The monoisotopic (exact) mass is 329 g/mol. The summed E-state index contributed by atoms with van der Waals surface area (Å²) in [6.45, 7) is 4.77. The first-order valence-corrected chi connectivity index (χ1v) is 7.16. The van der Waals surface area contributed by atoms with Gasteiger partial charge in [-0.2, -0.15) is 0 Å². The molecule has 1 aliphatic carbocycles. The lowest BCUT2D eigenvalue weighted by Crippen LogP contribution is -2.30. The van der Waals surface area contributed by atoms with Crippen molar-refractivity contribution < 1.29 is 0 Å². The zero-order chi connectivity index (χ0) is 11.6. The number of hydrogen-bond acceptors (Lipinski definition) is 1. The Kier molecular flexibility index (Phi) is 3.77. The van der Waals surface area contributed by atoms with Crippen molar-refractivity contribution in [2.24, 2.45) is 5.41 Å². The highest BCUT2D eigenvalue weighted by molar-refractivity contribution is 14.1. The Morgan fingerprint density at radius 3 is 2.44 bits per heavy atom. The molecule has 0 spiro atoms. The Labute approximate surface area is 112 Å². The lowest BCUT2D eigenvalue weighted by molar-refractivity contribution is 0.232. The van der Waals surface area contributed by atoms with Crippen molar-refractivity contribution in [2.75, 3.05) is 5.32 Å². The summed E-state index contributed by atoms with van der Waals surface area (Å²) in [5.41, 5.74) is 1.86. The Hall–Kier alpha value is -0.250. The zero-order valence-electron chi connectivity index (χ0n) is 10.1. The van der Waals surface area contributed by atoms with E-state index in [4.69, 9.17) is 0 Å². The van der Waals surface area contributed by atoms with Crippen LogP contribution in [0.5, 0.6) is 0 Å². The van der Waals surface area contributed by atoms with E-state index < -0.39 is 0 Å². The van der Waals surface area contributed by atoms with Gasteiger partial charge in [0, 0.05) is 15.3 Å². The standard InChI is InChI=1S/C14H20IN/c1-14(2)9-7-11(8-10-14)16-13-6-4-3-5-12(13)15/h3-6,11,16H,7-10H2,1-2H3. The topological polar surface area (TPSA) is 12.0 Å². The largest absolute Gasteiger partial charge is 0.381 e. The molecule has 0 radical (unpaired) electrons. The molecule has 1 aromatic carbocycles. The minimum atomic E-state index is 0.558. The summed E-state index contributed by atoms with van der Waals surface area (Å²) in [6, 6.07) is 9.22. The molecular weight excluding hydrogens is 309 g/mol. The zero-order valence-corrected chi connectivity index (χ0v) is 12.3. The van der Waals surface area contributed by atoms with Crippen molar-refractivity contribution in [3.63, 3.8) is 0 Å². The molecular formula is C14H20IN. The molecule has 1 aliphatic rings. The van der Waals surface area contributed by atoms with Crippen LogP contribution in [-0.2, 0) is 0 Å². The van der Waals surface area contributed by atoms with Crippen molar-refractivity contribution in [1.29, 1.82) is 0 Å². The third kappa shape index (κ3) is 3.12. The highest BCUT2D eigenvalue weighted by Crippen LogP contribution is 2.36. The fraction of sp³-hybridized carbons (Fsp3) is 0.571. The number of anilines is 1. The van der Waals surface area contributed by atoms with Crippen molar-refractivity contribution >= 4 is 28.3 Å². The average molecular weight is 329 g/mol. The van der Waals surface area contributed by atoms with Crippen molar-refractivity contribution in [3.05, 3.63) is 27.8 Å². The molecule has 0 heterocycles. The van der Waals surface area contributed by atoms with Crippen LogP contribution < -0.4 is 5.32 Å². The molecule has 0 saturated heterocycles. The second-order valence-electron chi connectivity index (χ2n) is 5.56. The highest BCUT2D eigenvalue weighted by atomic mass is 127. The Bertz CT molecular complexity index is 350. The number of benzene rings is 1. The molecule has 2 rings (SSSR count). The Balaban J connectivity index is 1.95. The van der Waals surface area contributed by atoms with Gasteiger partial charge in [0.15, 0.2) is 0 Å². The molecule has 0 unspecified atom stereocenters. The molecule has 0 atom stereocenters. The third-order valence-electron chi connectivity index (χ3n) is 3.57. The molecule has 0 aromatic heterocycles. The first kappa shape index (κ1) is 12.2. The second-order valence-corrected chi connectivity index (χ2v) is 6.72. The Morgan fingerprint density at radius 1 is 1.19 bits per heavy atom. The molecule has 0 amide bonds. The van der Waals surface area contributed by atoms with Gasteiger partial charge >= 0.3 is 0 Å². The fourth-order valence-corrected chi connectivity index (χ4v) is 2.88.